The summed E-state index contributed by atoms with van der Waals surface area (Å²) in [6.45, 7) is 4.18. The number of benzene rings is 1. The summed E-state index contributed by atoms with van der Waals surface area (Å²) in [7, 11) is 2.02. The van der Waals surface area contributed by atoms with Gasteiger partial charge in [-0.1, -0.05) is 0 Å². The van der Waals surface area contributed by atoms with Gasteiger partial charge in [-0.05, 0) is 32.0 Å². The van der Waals surface area contributed by atoms with Gasteiger partial charge in [-0.2, -0.15) is 0 Å². The third-order valence-corrected chi connectivity index (χ3v) is 4.19. The molecule has 2 aromatic heterocycles. The number of esters is 1. The van der Waals surface area contributed by atoms with E-state index in [1.54, 1.807) is 24.3 Å². The van der Waals surface area contributed by atoms with E-state index in [1.165, 1.54) is 0 Å². The number of carbonyl (C=O) groups is 1. The summed E-state index contributed by atoms with van der Waals surface area (Å²) >= 11 is 1.66. The molecule has 0 N–H and O–H groups in total. The Kier molecular flexibility index (Phi) is 2.78. The smallest absolute Gasteiger partial charge is 0.338 e. The second kappa shape index (κ2) is 4.35. The largest absolute Gasteiger partial charge is 0.462 e. The van der Waals surface area contributed by atoms with E-state index in [1.807, 2.05) is 26.1 Å². The molecule has 0 atom stereocenters. The summed E-state index contributed by atoms with van der Waals surface area (Å²) in [5.41, 5.74) is 2.63. The molecule has 98 valence electrons. The van der Waals surface area contributed by atoms with Crippen molar-refractivity contribution in [1.82, 2.24) is 9.55 Å². The quantitative estimate of drug-likeness (QED) is 0.674. The first kappa shape index (κ1) is 12.2. The van der Waals surface area contributed by atoms with Crippen molar-refractivity contribution in [2.75, 3.05) is 6.61 Å². The van der Waals surface area contributed by atoms with Crippen molar-refractivity contribution in [1.29, 1.82) is 0 Å². The number of nitrogens with zero attached hydrogens (tertiary/aromatic N) is 2. The zero-order chi connectivity index (χ0) is 13.6. The number of fused-ring (bicyclic) bond motifs is 3. The van der Waals surface area contributed by atoms with Gasteiger partial charge in [0, 0.05) is 12.4 Å². The van der Waals surface area contributed by atoms with E-state index < -0.39 is 0 Å². The van der Waals surface area contributed by atoms with Crippen LogP contribution in [0.1, 0.15) is 22.3 Å². The number of aryl methyl sites for hydroxylation is 2. The fraction of sp³-hybridized carbons (Fsp3) is 0.286. The van der Waals surface area contributed by atoms with Crippen molar-refractivity contribution < 1.29 is 9.53 Å². The molecule has 3 aromatic rings. The van der Waals surface area contributed by atoms with E-state index in [0.717, 1.165) is 26.3 Å². The molecular weight excluding hydrogens is 260 g/mol. The number of hydrogen-bond acceptors (Lipinski definition) is 4. The average molecular weight is 274 g/mol. The molecule has 0 unspecified atom stereocenters. The summed E-state index contributed by atoms with van der Waals surface area (Å²) < 4.78 is 7.15. The summed E-state index contributed by atoms with van der Waals surface area (Å²) in [5.74, 6) is -0.284. The number of aromatic nitrogens is 2. The van der Waals surface area contributed by atoms with Crippen molar-refractivity contribution in [2.45, 2.75) is 13.8 Å². The van der Waals surface area contributed by atoms with Gasteiger partial charge in [0.1, 0.15) is 10.3 Å². The van der Waals surface area contributed by atoms with Gasteiger partial charge in [0.05, 0.1) is 22.7 Å². The number of carbonyl (C=O) groups excluding carboxylic acids is 1. The van der Waals surface area contributed by atoms with Gasteiger partial charge in [-0.15, -0.1) is 11.3 Å². The second-order valence-electron chi connectivity index (χ2n) is 4.40. The van der Waals surface area contributed by atoms with Gasteiger partial charge in [-0.25, -0.2) is 9.78 Å². The summed E-state index contributed by atoms with van der Waals surface area (Å²) in [4.78, 5) is 17.5. The molecule has 2 heterocycles. The summed E-state index contributed by atoms with van der Waals surface area (Å²) in [5, 5.41) is 2.04. The van der Waals surface area contributed by atoms with Crippen molar-refractivity contribution in [2.24, 2.45) is 7.05 Å². The van der Waals surface area contributed by atoms with Crippen molar-refractivity contribution in [3.8, 4) is 0 Å². The summed E-state index contributed by atoms with van der Waals surface area (Å²) in [6.07, 6.45) is 0. The van der Waals surface area contributed by atoms with Crippen LogP contribution in [0.3, 0.4) is 0 Å². The van der Waals surface area contributed by atoms with Gasteiger partial charge in [0.25, 0.3) is 0 Å². The number of rotatable bonds is 2. The fourth-order valence-corrected chi connectivity index (χ4v) is 3.19. The highest BCUT2D eigenvalue weighted by Crippen LogP contribution is 2.32. The highest BCUT2D eigenvalue weighted by molar-refractivity contribution is 7.18. The molecule has 0 saturated heterocycles. The number of ether oxygens (including phenoxy) is 1. The molecule has 3 rings (SSSR count). The fourth-order valence-electron chi connectivity index (χ4n) is 2.29. The van der Waals surface area contributed by atoms with E-state index >= 15 is 0 Å². The highest BCUT2D eigenvalue weighted by atomic mass is 32.1. The van der Waals surface area contributed by atoms with Crippen LogP contribution < -0.4 is 0 Å². The Balaban J connectivity index is 2.26. The van der Waals surface area contributed by atoms with Crippen molar-refractivity contribution >= 4 is 38.6 Å². The average Bonchev–Trinajstić information content (AvgIpc) is 2.89. The molecule has 1 aromatic carbocycles. The first-order chi connectivity index (χ1) is 9.11. The number of thiazole rings is 1. The molecule has 0 radical (unpaired) electrons. The molecular formula is C14H14N2O2S. The van der Waals surface area contributed by atoms with Gasteiger partial charge in [0.2, 0.25) is 0 Å². The van der Waals surface area contributed by atoms with Crippen LogP contribution in [0, 0.1) is 6.92 Å². The predicted molar refractivity (Wildman–Crippen MR) is 76.8 cm³/mol. The third-order valence-electron chi connectivity index (χ3n) is 3.15. The minimum Gasteiger partial charge on any atom is -0.462 e. The Morgan fingerprint density at radius 2 is 2.26 bits per heavy atom. The van der Waals surface area contributed by atoms with E-state index in [-0.39, 0.29) is 5.97 Å². The molecule has 0 spiro atoms. The highest BCUT2D eigenvalue weighted by Gasteiger charge is 2.15. The lowest BCUT2D eigenvalue weighted by atomic mass is 10.1. The standard InChI is InChI=1S/C14H14N2O2S/c1-4-18-14(17)9-5-6-11-10(7-9)12-13(16(11)3)19-8(2)15-12/h5-7H,4H2,1-3H3. The van der Waals surface area contributed by atoms with Crippen LogP contribution in [0.15, 0.2) is 18.2 Å². The van der Waals surface area contributed by atoms with Crippen LogP contribution in [0.4, 0.5) is 0 Å². The normalized spacial score (nSPS) is 11.3. The van der Waals surface area contributed by atoms with Gasteiger partial charge in [0.15, 0.2) is 0 Å². The van der Waals surface area contributed by atoms with Crippen LogP contribution in [0.25, 0.3) is 21.3 Å². The van der Waals surface area contributed by atoms with Crippen LogP contribution >= 0.6 is 11.3 Å². The molecule has 0 bridgehead atoms. The van der Waals surface area contributed by atoms with Crippen LogP contribution in [-0.4, -0.2) is 22.1 Å². The second-order valence-corrected chi connectivity index (χ2v) is 5.58. The first-order valence-electron chi connectivity index (χ1n) is 6.14. The lowest BCUT2D eigenvalue weighted by Gasteiger charge is -2.02. The zero-order valence-electron chi connectivity index (χ0n) is 11.1. The molecule has 4 nitrogen and oxygen atoms in total. The van der Waals surface area contributed by atoms with Crippen LogP contribution in [0.2, 0.25) is 0 Å². The monoisotopic (exact) mass is 274 g/mol. The van der Waals surface area contributed by atoms with Crippen molar-refractivity contribution in [3.05, 3.63) is 28.8 Å². The van der Waals surface area contributed by atoms with Gasteiger partial charge in [-0.3, -0.25) is 0 Å². The lowest BCUT2D eigenvalue weighted by Crippen LogP contribution is -2.04. The predicted octanol–water partition coefficient (Wildman–Crippen LogP) is 3.27. The SMILES string of the molecule is CCOC(=O)c1ccc2c(c1)c1nc(C)sc1n2C. The van der Waals surface area contributed by atoms with E-state index in [9.17, 15) is 4.79 Å². The van der Waals surface area contributed by atoms with Gasteiger partial charge < -0.3 is 9.30 Å². The first-order valence-corrected chi connectivity index (χ1v) is 6.96. The minimum atomic E-state index is -0.284. The maximum absolute atomic E-state index is 11.8. The van der Waals surface area contributed by atoms with Crippen molar-refractivity contribution in [3.63, 3.8) is 0 Å². The molecule has 5 heteroatoms. The molecule has 0 fully saturated rings. The van der Waals surface area contributed by atoms with Crippen LogP contribution in [0.5, 0.6) is 0 Å². The molecule has 0 aliphatic carbocycles. The molecule has 0 saturated carbocycles. The molecule has 0 amide bonds. The Morgan fingerprint density at radius 3 is 3.00 bits per heavy atom. The Labute approximate surface area is 114 Å². The van der Waals surface area contributed by atoms with E-state index in [4.69, 9.17) is 4.74 Å². The molecule has 0 aliphatic rings. The van der Waals surface area contributed by atoms with E-state index in [2.05, 4.69) is 9.55 Å². The zero-order valence-corrected chi connectivity index (χ0v) is 11.9. The van der Waals surface area contributed by atoms with E-state index in [0.29, 0.717) is 12.2 Å². The Bertz CT molecular complexity index is 786. The molecule has 0 aliphatic heterocycles. The maximum Gasteiger partial charge on any atom is 0.338 e. The Hall–Kier alpha value is -1.88. The summed E-state index contributed by atoms with van der Waals surface area (Å²) in [6, 6.07) is 5.62. The molecule has 19 heavy (non-hydrogen) atoms. The minimum absolute atomic E-state index is 0.284. The Morgan fingerprint density at radius 1 is 1.47 bits per heavy atom. The topological polar surface area (TPSA) is 44.1 Å². The third kappa shape index (κ3) is 1.81. The lowest BCUT2D eigenvalue weighted by molar-refractivity contribution is 0.0526. The number of hydrogen-bond donors (Lipinski definition) is 0. The van der Waals surface area contributed by atoms with Crippen LogP contribution in [-0.2, 0) is 11.8 Å². The maximum atomic E-state index is 11.8. The van der Waals surface area contributed by atoms with Gasteiger partial charge >= 0.3 is 5.97 Å².